The fourth-order valence-corrected chi connectivity index (χ4v) is 1.55. The van der Waals surface area contributed by atoms with Gasteiger partial charge in [-0.05, 0) is 12.1 Å². The van der Waals surface area contributed by atoms with E-state index >= 15 is 0 Å². The van der Waals surface area contributed by atoms with Crippen molar-refractivity contribution in [2.75, 3.05) is 12.3 Å². The molecular weight excluding hydrogens is 243 g/mol. The molecule has 0 atom stereocenters. The Morgan fingerprint density at radius 3 is 2.81 bits per heavy atom. The molecule has 0 aromatic heterocycles. The van der Waals surface area contributed by atoms with Crippen LogP contribution in [-0.4, -0.2) is 15.5 Å². The van der Waals surface area contributed by atoms with Gasteiger partial charge in [0.15, 0.2) is 5.82 Å². The van der Waals surface area contributed by atoms with E-state index in [9.17, 15) is 12.8 Å². The molecule has 1 aliphatic heterocycles. The predicted molar refractivity (Wildman–Crippen MR) is 49.7 cm³/mol. The van der Waals surface area contributed by atoms with E-state index < -0.39 is 16.2 Å². The maximum absolute atomic E-state index is 13.3. The van der Waals surface area contributed by atoms with Crippen LogP contribution in [0.3, 0.4) is 0 Å². The number of benzene rings is 1. The van der Waals surface area contributed by atoms with Gasteiger partial charge >= 0.3 is 10.4 Å². The molecule has 0 spiro atoms. The van der Waals surface area contributed by atoms with Crippen molar-refractivity contribution in [1.29, 1.82) is 0 Å². The minimum atomic E-state index is -4.17. The van der Waals surface area contributed by atoms with Crippen LogP contribution in [-0.2, 0) is 19.0 Å². The Kier molecular flexibility index (Phi) is 2.68. The molecule has 1 fully saturated rings. The van der Waals surface area contributed by atoms with Crippen molar-refractivity contribution >= 4 is 16.1 Å². The Bertz CT molecular complexity index is 505. The van der Waals surface area contributed by atoms with Gasteiger partial charge in [0.25, 0.3) is 0 Å². The van der Waals surface area contributed by atoms with Crippen LogP contribution >= 0.6 is 0 Å². The molecule has 1 saturated heterocycles. The molecule has 0 radical (unpaired) electrons. The zero-order valence-electron chi connectivity index (χ0n) is 8.01. The molecule has 1 aromatic rings. The van der Waals surface area contributed by atoms with Gasteiger partial charge in [-0.15, -0.1) is 13.7 Å². The lowest BCUT2D eigenvalue weighted by atomic mass is 10.3. The van der Waals surface area contributed by atoms with Gasteiger partial charge in [0.05, 0.1) is 7.11 Å². The second kappa shape index (κ2) is 3.87. The van der Waals surface area contributed by atoms with Gasteiger partial charge in [-0.25, -0.2) is 4.39 Å². The summed E-state index contributed by atoms with van der Waals surface area (Å²) in [4.78, 5) is 0. The van der Waals surface area contributed by atoms with Gasteiger partial charge in [-0.2, -0.15) is 8.42 Å². The lowest BCUT2D eigenvalue weighted by molar-refractivity contribution is 0.196. The van der Waals surface area contributed by atoms with Gasteiger partial charge in [0.2, 0.25) is 0 Å². The van der Waals surface area contributed by atoms with Crippen LogP contribution in [0.5, 0.6) is 5.75 Å². The lowest BCUT2D eigenvalue weighted by Crippen LogP contribution is -2.29. The zero-order chi connectivity index (χ0) is 11.8. The largest absolute Gasteiger partial charge is 0.497 e. The second-order valence-corrected chi connectivity index (χ2v) is 3.90. The van der Waals surface area contributed by atoms with E-state index in [1.165, 1.54) is 19.2 Å². The van der Waals surface area contributed by atoms with E-state index in [0.717, 1.165) is 6.07 Å². The molecular formula is C7H7FN2O5S. The summed E-state index contributed by atoms with van der Waals surface area (Å²) in [5.74, 6) is -0.361. The third kappa shape index (κ3) is 2.07. The number of hydrogen-bond acceptors (Lipinski definition) is 7. The third-order valence-electron chi connectivity index (χ3n) is 1.76. The number of hydrazine groups is 1. The summed E-state index contributed by atoms with van der Waals surface area (Å²) in [5, 5.41) is 0.535. The second-order valence-electron chi connectivity index (χ2n) is 2.77. The molecule has 0 saturated carbocycles. The molecule has 9 heteroatoms. The first-order chi connectivity index (χ1) is 7.52. The van der Waals surface area contributed by atoms with Crippen molar-refractivity contribution in [1.82, 2.24) is 5.59 Å². The Morgan fingerprint density at radius 2 is 2.25 bits per heavy atom. The highest BCUT2D eigenvalue weighted by Crippen LogP contribution is 2.26. The molecule has 1 aromatic carbocycles. The van der Waals surface area contributed by atoms with Crippen LogP contribution in [0.1, 0.15) is 0 Å². The standard InChI is InChI=1S/C7H7FN2O5S/c1-13-5-2-3-6(8)7(4-5)10-9-14-16(11,12)15-10/h2-4,9H,1H3. The summed E-state index contributed by atoms with van der Waals surface area (Å²) < 4.78 is 48.1. The lowest BCUT2D eigenvalue weighted by Gasteiger charge is -2.12. The van der Waals surface area contributed by atoms with Gasteiger partial charge < -0.3 is 4.74 Å². The Labute approximate surface area is 90.5 Å². The van der Waals surface area contributed by atoms with Crippen LogP contribution in [0.4, 0.5) is 10.1 Å². The monoisotopic (exact) mass is 250 g/mol. The number of anilines is 1. The van der Waals surface area contributed by atoms with Gasteiger partial charge in [-0.1, -0.05) is 5.59 Å². The fraction of sp³-hybridized carbons (Fsp3) is 0.143. The van der Waals surface area contributed by atoms with Crippen LogP contribution in [0, 0.1) is 5.82 Å². The van der Waals surface area contributed by atoms with Crippen molar-refractivity contribution in [3.63, 3.8) is 0 Å². The fourth-order valence-electron chi connectivity index (χ4n) is 1.07. The molecule has 1 heterocycles. The van der Waals surface area contributed by atoms with Crippen molar-refractivity contribution < 1.29 is 26.1 Å². The van der Waals surface area contributed by atoms with Crippen molar-refractivity contribution in [3.05, 3.63) is 24.0 Å². The Hall–Kier alpha value is -1.42. The summed E-state index contributed by atoms with van der Waals surface area (Å²) in [6.07, 6.45) is 0. The highest BCUT2D eigenvalue weighted by Gasteiger charge is 2.30. The van der Waals surface area contributed by atoms with Crippen LogP contribution < -0.4 is 15.5 Å². The predicted octanol–water partition coefficient (Wildman–Crippen LogP) is 0.267. The normalized spacial score (nSPS) is 18.8. The smallest absolute Gasteiger partial charge is 0.440 e. The molecule has 0 unspecified atom stereocenters. The maximum atomic E-state index is 13.3. The number of hydrogen-bond donors (Lipinski definition) is 1. The van der Waals surface area contributed by atoms with E-state index in [1.807, 2.05) is 5.59 Å². The van der Waals surface area contributed by atoms with Gasteiger partial charge in [-0.3, -0.25) is 0 Å². The van der Waals surface area contributed by atoms with E-state index in [2.05, 4.69) is 8.57 Å². The summed E-state index contributed by atoms with van der Waals surface area (Å²) in [7, 11) is -2.78. The van der Waals surface area contributed by atoms with Crippen LogP contribution in [0.2, 0.25) is 0 Å². The van der Waals surface area contributed by atoms with Crippen molar-refractivity contribution in [3.8, 4) is 5.75 Å². The van der Waals surface area contributed by atoms with Crippen molar-refractivity contribution in [2.45, 2.75) is 0 Å². The summed E-state index contributed by atoms with van der Waals surface area (Å²) >= 11 is 0. The van der Waals surface area contributed by atoms with E-state index in [0.29, 0.717) is 10.9 Å². The van der Waals surface area contributed by atoms with Gasteiger partial charge in [0, 0.05) is 6.07 Å². The van der Waals surface area contributed by atoms with Crippen LogP contribution in [0.25, 0.3) is 0 Å². The van der Waals surface area contributed by atoms with E-state index in [4.69, 9.17) is 4.74 Å². The number of nitrogens with one attached hydrogen (secondary N) is 1. The molecule has 7 nitrogen and oxygen atoms in total. The molecule has 1 N–H and O–H groups in total. The molecule has 16 heavy (non-hydrogen) atoms. The van der Waals surface area contributed by atoms with Gasteiger partial charge in [0.1, 0.15) is 11.4 Å². The average Bonchev–Trinajstić information content (AvgIpc) is 2.59. The first-order valence-corrected chi connectivity index (χ1v) is 5.37. The number of methoxy groups -OCH3 is 1. The highest BCUT2D eigenvalue weighted by atomic mass is 32.3. The Balaban J connectivity index is 2.33. The van der Waals surface area contributed by atoms with Crippen molar-refractivity contribution in [2.24, 2.45) is 0 Å². The topological polar surface area (TPSA) is 77.1 Å². The number of halogens is 1. The van der Waals surface area contributed by atoms with E-state index in [1.54, 1.807) is 0 Å². The minimum Gasteiger partial charge on any atom is -0.497 e. The SMILES string of the molecule is COc1ccc(F)c(N2NOS(=O)(=O)O2)c1. The zero-order valence-corrected chi connectivity index (χ0v) is 8.82. The molecule has 2 rings (SSSR count). The molecule has 0 amide bonds. The van der Waals surface area contributed by atoms with E-state index in [-0.39, 0.29) is 5.69 Å². The van der Waals surface area contributed by atoms with Crippen LogP contribution in [0.15, 0.2) is 18.2 Å². The number of ether oxygens (including phenoxy) is 1. The number of rotatable bonds is 2. The summed E-state index contributed by atoms with van der Waals surface area (Å²) in [5.41, 5.74) is 1.70. The highest BCUT2D eigenvalue weighted by molar-refractivity contribution is 7.82. The summed E-state index contributed by atoms with van der Waals surface area (Å²) in [6.45, 7) is 0. The molecule has 0 bridgehead atoms. The molecule has 88 valence electrons. The molecule has 1 aliphatic rings. The first-order valence-electron chi connectivity index (χ1n) is 4.04. The third-order valence-corrected chi connectivity index (χ3v) is 2.37. The molecule has 0 aliphatic carbocycles. The minimum absolute atomic E-state index is 0.180. The quantitative estimate of drug-likeness (QED) is 0.807. The first kappa shape index (κ1) is 11.1. The Morgan fingerprint density at radius 1 is 1.50 bits per heavy atom. The number of nitrogens with zero attached hydrogens (tertiary/aromatic N) is 1. The summed E-state index contributed by atoms with van der Waals surface area (Å²) in [6, 6.07) is 3.72. The maximum Gasteiger partial charge on any atom is 0.440 e. The average molecular weight is 250 g/mol.